The molecule has 0 aliphatic heterocycles. The van der Waals surface area contributed by atoms with Gasteiger partial charge in [-0.15, -0.1) is 0 Å². The van der Waals surface area contributed by atoms with Crippen molar-refractivity contribution < 1.29 is 9.47 Å². The van der Waals surface area contributed by atoms with E-state index in [0.717, 1.165) is 15.6 Å². The van der Waals surface area contributed by atoms with E-state index in [9.17, 15) is 0 Å². The molecule has 1 heterocycles. The van der Waals surface area contributed by atoms with Crippen molar-refractivity contribution in [1.29, 1.82) is 0 Å². The fourth-order valence-electron chi connectivity index (χ4n) is 1.73. The molecule has 0 bridgehead atoms. The summed E-state index contributed by atoms with van der Waals surface area (Å²) in [6.45, 7) is 0. The number of halogens is 1. The zero-order valence-corrected chi connectivity index (χ0v) is 11.7. The van der Waals surface area contributed by atoms with E-state index in [-0.39, 0.29) is 0 Å². The van der Waals surface area contributed by atoms with E-state index in [2.05, 4.69) is 20.9 Å². The molecule has 18 heavy (non-hydrogen) atoms. The van der Waals surface area contributed by atoms with Crippen molar-refractivity contribution >= 4 is 21.6 Å². The first-order valence-corrected chi connectivity index (χ1v) is 6.08. The third kappa shape index (κ3) is 2.26. The van der Waals surface area contributed by atoms with Gasteiger partial charge in [-0.25, -0.2) is 0 Å². The summed E-state index contributed by atoms with van der Waals surface area (Å²) in [5, 5.41) is 0. The normalized spacial score (nSPS) is 10.2. The van der Waals surface area contributed by atoms with Crippen molar-refractivity contribution in [2.45, 2.75) is 0 Å². The summed E-state index contributed by atoms with van der Waals surface area (Å²) in [4.78, 5) is 4.08. The van der Waals surface area contributed by atoms with Crippen LogP contribution < -0.4 is 15.2 Å². The molecule has 1 aromatic carbocycles. The van der Waals surface area contributed by atoms with Crippen molar-refractivity contribution in [3.63, 3.8) is 0 Å². The van der Waals surface area contributed by atoms with Crippen molar-refractivity contribution in [2.24, 2.45) is 0 Å². The first kappa shape index (κ1) is 12.7. The number of nitrogens with two attached hydrogens (primary N) is 1. The SMILES string of the molecule is COc1ccc(-c2cncc(N)c2)c(OC)c1Br. The number of benzene rings is 1. The fraction of sp³-hybridized carbons (Fsp3) is 0.154. The Labute approximate surface area is 114 Å². The molecule has 0 radical (unpaired) electrons. The number of hydrogen-bond donors (Lipinski definition) is 1. The number of nitrogen functional groups attached to an aromatic ring is 1. The van der Waals surface area contributed by atoms with Gasteiger partial charge in [-0.3, -0.25) is 4.98 Å². The van der Waals surface area contributed by atoms with Gasteiger partial charge in [-0.05, 0) is 34.1 Å². The van der Waals surface area contributed by atoms with E-state index >= 15 is 0 Å². The molecule has 2 rings (SSSR count). The highest BCUT2D eigenvalue weighted by Gasteiger charge is 2.14. The molecule has 0 saturated carbocycles. The molecule has 0 aliphatic rings. The molecule has 5 heteroatoms. The molecule has 0 fully saturated rings. The standard InChI is InChI=1S/C13H13BrN2O2/c1-17-11-4-3-10(13(18-2)12(11)14)8-5-9(15)7-16-6-8/h3-7H,15H2,1-2H3. The summed E-state index contributed by atoms with van der Waals surface area (Å²) in [6.07, 6.45) is 3.35. The zero-order valence-electron chi connectivity index (χ0n) is 10.1. The predicted molar refractivity (Wildman–Crippen MR) is 74.9 cm³/mol. The Morgan fingerprint density at radius 1 is 1.17 bits per heavy atom. The molecule has 2 aromatic rings. The van der Waals surface area contributed by atoms with E-state index in [0.29, 0.717) is 17.2 Å². The number of nitrogens with zero attached hydrogens (tertiary/aromatic N) is 1. The molecule has 2 N–H and O–H groups in total. The number of anilines is 1. The van der Waals surface area contributed by atoms with E-state index in [1.807, 2.05) is 18.2 Å². The number of aromatic nitrogens is 1. The maximum atomic E-state index is 5.74. The van der Waals surface area contributed by atoms with Gasteiger partial charge >= 0.3 is 0 Å². The quantitative estimate of drug-likeness (QED) is 0.946. The monoisotopic (exact) mass is 308 g/mol. The minimum absolute atomic E-state index is 0.612. The van der Waals surface area contributed by atoms with Crippen LogP contribution in [0, 0.1) is 0 Å². The lowest BCUT2D eigenvalue weighted by Crippen LogP contribution is -1.94. The second-order valence-electron chi connectivity index (χ2n) is 3.67. The van der Waals surface area contributed by atoms with Crippen LogP contribution in [0.25, 0.3) is 11.1 Å². The van der Waals surface area contributed by atoms with Crippen LogP contribution in [0.3, 0.4) is 0 Å². The lowest BCUT2D eigenvalue weighted by Gasteiger charge is -2.13. The molecule has 1 aromatic heterocycles. The molecule has 0 saturated heterocycles. The third-order valence-electron chi connectivity index (χ3n) is 2.56. The molecular weight excluding hydrogens is 296 g/mol. The van der Waals surface area contributed by atoms with Crippen LogP contribution in [0.1, 0.15) is 0 Å². The summed E-state index contributed by atoms with van der Waals surface area (Å²) < 4.78 is 11.4. The molecular formula is C13H13BrN2O2. The lowest BCUT2D eigenvalue weighted by molar-refractivity contribution is 0.390. The van der Waals surface area contributed by atoms with Crippen LogP contribution in [0.2, 0.25) is 0 Å². The summed E-state index contributed by atoms with van der Waals surface area (Å²) in [6, 6.07) is 5.63. The Kier molecular flexibility index (Phi) is 3.72. The summed E-state index contributed by atoms with van der Waals surface area (Å²) in [5.74, 6) is 1.41. The van der Waals surface area contributed by atoms with Gasteiger partial charge in [0.15, 0.2) is 0 Å². The van der Waals surface area contributed by atoms with Crippen molar-refractivity contribution in [1.82, 2.24) is 4.98 Å². The van der Waals surface area contributed by atoms with E-state index < -0.39 is 0 Å². The smallest absolute Gasteiger partial charge is 0.144 e. The van der Waals surface area contributed by atoms with Crippen LogP contribution in [-0.4, -0.2) is 19.2 Å². The van der Waals surface area contributed by atoms with Gasteiger partial charge in [0.2, 0.25) is 0 Å². The largest absolute Gasteiger partial charge is 0.495 e. The van der Waals surface area contributed by atoms with Crippen LogP contribution in [0.15, 0.2) is 35.1 Å². The van der Waals surface area contributed by atoms with Crippen LogP contribution >= 0.6 is 15.9 Å². The number of pyridine rings is 1. The Hall–Kier alpha value is -1.75. The van der Waals surface area contributed by atoms with Gasteiger partial charge in [-0.1, -0.05) is 0 Å². The number of methoxy groups -OCH3 is 2. The Morgan fingerprint density at radius 2 is 1.94 bits per heavy atom. The second-order valence-corrected chi connectivity index (χ2v) is 4.46. The van der Waals surface area contributed by atoms with Gasteiger partial charge in [0.25, 0.3) is 0 Å². The molecule has 0 amide bonds. The van der Waals surface area contributed by atoms with Gasteiger partial charge in [0.1, 0.15) is 16.0 Å². The highest BCUT2D eigenvalue weighted by Crippen LogP contribution is 2.41. The first-order chi connectivity index (χ1) is 8.67. The Bertz CT molecular complexity index is 573. The lowest BCUT2D eigenvalue weighted by atomic mass is 10.1. The molecule has 94 valence electrons. The van der Waals surface area contributed by atoms with E-state index in [1.165, 1.54) is 0 Å². The van der Waals surface area contributed by atoms with E-state index in [1.54, 1.807) is 26.6 Å². The van der Waals surface area contributed by atoms with Crippen LogP contribution in [-0.2, 0) is 0 Å². The Morgan fingerprint density at radius 3 is 2.56 bits per heavy atom. The second kappa shape index (κ2) is 5.27. The number of hydrogen-bond acceptors (Lipinski definition) is 4. The van der Waals surface area contributed by atoms with Crippen molar-refractivity contribution in [3.8, 4) is 22.6 Å². The van der Waals surface area contributed by atoms with Crippen molar-refractivity contribution in [2.75, 3.05) is 20.0 Å². The molecule has 0 aliphatic carbocycles. The highest BCUT2D eigenvalue weighted by molar-refractivity contribution is 9.10. The van der Waals surface area contributed by atoms with Gasteiger partial charge < -0.3 is 15.2 Å². The maximum Gasteiger partial charge on any atom is 0.144 e. The molecule has 0 spiro atoms. The van der Waals surface area contributed by atoms with Crippen LogP contribution in [0.5, 0.6) is 11.5 Å². The predicted octanol–water partition coefficient (Wildman–Crippen LogP) is 3.11. The van der Waals surface area contributed by atoms with Gasteiger partial charge in [0, 0.05) is 23.5 Å². The number of rotatable bonds is 3. The molecule has 0 atom stereocenters. The van der Waals surface area contributed by atoms with E-state index in [4.69, 9.17) is 15.2 Å². The molecule has 4 nitrogen and oxygen atoms in total. The summed E-state index contributed by atoms with van der Waals surface area (Å²) >= 11 is 3.47. The summed E-state index contributed by atoms with van der Waals surface area (Å²) in [5.41, 5.74) is 8.16. The number of ether oxygens (including phenoxy) is 2. The fourth-order valence-corrected chi connectivity index (χ4v) is 2.40. The minimum Gasteiger partial charge on any atom is -0.495 e. The maximum absolute atomic E-state index is 5.74. The first-order valence-electron chi connectivity index (χ1n) is 5.28. The van der Waals surface area contributed by atoms with Gasteiger partial charge in [0.05, 0.1) is 19.9 Å². The van der Waals surface area contributed by atoms with Crippen LogP contribution in [0.4, 0.5) is 5.69 Å². The molecule has 0 unspecified atom stereocenters. The highest BCUT2D eigenvalue weighted by atomic mass is 79.9. The summed E-state index contributed by atoms with van der Waals surface area (Å²) in [7, 11) is 3.23. The topological polar surface area (TPSA) is 57.4 Å². The Balaban J connectivity index is 2.61. The average molecular weight is 309 g/mol. The zero-order chi connectivity index (χ0) is 13.1. The average Bonchev–Trinajstić information content (AvgIpc) is 2.38. The minimum atomic E-state index is 0.612. The van der Waals surface area contributed by atoms with Crippen molar-refractivity contribution in [3.05, 3.63) is 35.1 Å². The third-order valence-corrected chi connectivity index (χ3v) is 3.31. The van der Waals surface area contributed by atoms with Gasteiger partial charge in [-0.2, -0.15) is 0 Å².